The fourth-order valence-corrected chi connectivity index (χ4v) is 3.22. The second-order valence-corrected chi connectivity index (χ2v) is 7.61. The smallest absolute Gasteiger partial charge is 0.662 e. The summed E-state index contributed by atoms with van der Waals surface area (Å²) in [6, 6.07) is 13.3. The van der Waals surface area contributed by atoms with Crippen molar-refractivity contribution in [2.75, 3.05) is 7.05 Å². The summed E-state index contributed by atoms with van der Waals surface area (Å²) in [5, 5.41) is 5.60. The van der Waals surface area contributed by atoms with Gasteiger partial charge in [-0.3, -0.25) is 0 Å². The first-order valence-electron chi connectivity index (χ1n) is 9.11. The zero-order chi connectivity index (χ0) is 17.9. The Morgan fingerprint density at radius 3 is 1.80 bits per heavy atom. The minimum atomic E-state index is 0. The van der Waals surface area contributed by atoms with E-state index in [4.69, 9.17) is 0 Å². The zero-order valence-electron chi connectivity index (χ0n) is 16.7. The summed E-state index contributed by atoms with van der Waals surface area (Å²) >= 11 is 0. The van der Waals surface area contributed by atoms with E-state index in [2.05, 4.69) is 51.2 Å². The van der Waals surface area contributed by atoms with Crippen molar-refractivity contribution in [3.63, 3.8) is 0 Å². The van der Waals surface area contributed by atoms with Crippen LogP contribution in [-0.2, 0) is 21.7 Å². The van der Waals surface area contributed by atoms with Gasteiger partial charge in [-0.15, -0.1) is 6.04 Å². The molecule has 1 fully saturated rings. The van der Waals surface area contributed by atoms with E-state index in [9.17, 15) is 0 Å². The van der Waals surface area contributed by atoms with Gasteiger partial charge in [-0.2, -0.15) is 35.4 Å². The summed E-state index contributed by atoms with van der Waals surface area (Å²) in [5.74, 6) is 0. The van der Waals surface area contributed by atoms with Crippen LogP contribution in [0.5, 0.6) is 0 Å². The van der Waals surface area contributed by atoms with Crippen LogP contribution in [0.15, 0.2) is 36.4 Å². The molecule has 0 spiro atoms. The van der Waals surface area contributed by atoms with Crippen molar-refractivity contribution < 1.29 is 21.7 Å². The average Bonchev–Trinajstić information content (AvgIpc) is 2.83. The van der Waals surface area contributed by atoms with E-state index < -0.39 is 0 Å². The molecule has 0 bridgehead atoms. The summed E-state index contributed by atoms with van der Waals surface area (Å²) in [5.41, 5.74) is 5.75. The molecule has 0 amide bonds. The van der Waals surface area contributed by atoms with Gasteiger partial charge < -0.3 is 5.32 Å². The van der Waals surface area contributed by atoms with Crippen molar-refractivity contribution in [2.24, 2.45) is 0 Å². The largest absolute Gasteiger partial charge is 2.00 e. The van der Waals surface area contributed by atoms with Gasteiger partial charge in [0.25, 0.3) is 0 Å². The van der Waals surface area contributed by atoms with Crippen LogP contribution in [0.1, 0.15) is 54.4 Å². The molecule has 0 saturated heterocycles. The first kappa shape index (κ1) is 24.5. The average molecular weight is 388 g/mol. The molecule has 0 unspecified atom stereocenters. The Bertz CT molecular complexity index is 549. The van der Waals surface area contributed by atoms with Crippen molar-refractivity contribution in [1.82, 2.24) is 0 Å². The Balaban J connectivity index is 0.000000341. The number of rotatable bonds is 1. The first-order chi connectivity index (χ1) is 11.5. The van der Waals surface area contributed by atoms with Gasteiger partial charge in [0.1, 0.15) is 0 Å². The van der Waals surface area contributed by atoms with Crippen molar-refractivity contribution >= 4 is 15.4 Å². The van der Waals surface area contributed by atoms with Crippen LogP contribution in [0.3, 0.4) is 0 Å². The van der Waals surface area contributed by atoms with Gasteiger partial charge in [0.05, 0.1) is 0 Å². The van der Waals surface area contributed by atoms with E-state index >= 15 is 0 Å². The molecule has 1 aliphatic carbocycles. The predicted octanol–water partition coefficient (Wildman–Crippen LogP) is 4.90. The molecule has 0 aromatic heterocycles. The van der Waals surface area contributed by atoms with E-state index in [1.54, 1.807) is 0 Å². The summed E-state index contributed by atoms with van der Waals surface area (Å²) in [6.45, 7) is 8.68. The molecule has 135 valence electrons. The number of aryl methyl sites for hydroxylation is 2. The Kier molecular flexibility index (Phi) is 13.3. The molecular weight excluding hydrogens is 354 g/mol. The minimum absolute atomic E-state index is 0. The summed E-state index contributed by atoms with van der Waals surface area (Å²) < 4.78 is 0. The van der Waals surface area contributed by atoms with E-state index in [1.807, 2.05) is 35.5 Å². The zero-order valence-corrected chi connectivity index (χ0v) is 19.7. The van der Waals surface area contributed by atoms with Crippen LogP contribution in [0.25, 0.3) is 5.32 Å². The minimum Gasteiger partial charge on any atom is -0.662 e. The second kappa shape index (κ2) is 13.6. The maximum atomic E-state index is 4.25. The number of hydrogen-bond acceptors (Lipinski definition) is 0. The summed E-state index contributed by atoms with van der Waals surface area (Å²) in [4.78, 5) is 0. The van der Waals surface area contributed by atoms with Gasteiger partial charge in [0.2, 0.25) is 0 Å². The van der Waals surface area contributed by atoms with Gasteiger partial charge >= 0.3 is 21.7 Å². The molecule has 0 N–H and O–H groups in total. The molecule has 1 aliphatic rings. The van der Waals surface area contributed by atoms with Crippen molar-refractivity contribution in [3.8, 4) is 0 Å². The topological polar surface area (TPSA) is 14.1 Å². The fourth-order valence-electron chi connectivity index (χ4n) is 2.95. The van der Waals surface area contributed by atoms with E-state index in [-0.39, 0.29) is 21.7 Å². The van der Waals surface area contributed by atoms with Crippen LogP contribution in [0.2, 0.25) is 0 Å². The van der Waals surface area contributed by atoms with E-state index in [0.717, 1.165) is 0 Å². The van der Waals surface area contributed by atoms with Gasteiger partial charge in [0, 0.05) is 10.2 Å². The fraction of sp³-hybridized carbons (Fsp3) is 0.500. The molecule has 2 aromatic rings. The maximum Gasteiger partial charge on any atom is 2.00 e. The van der Waals surface area contributed by atoms with E-state index in [0.29, 0.717) is 6.04 Å². The molecule has 0 heterocycles. The van der Waals surface area contributed by atoms with Gasteiger partial charge in [-0.05, 0) is 0 Å². The van der Waals surface area contributed by atoms with Gasteiger partial charge in [-0.25, -0.2) is 0 Å². The van der Waals surface area contributed by atoms with Gasteiger partial charge in [-0.1, -0.05) is 95.3 Å². The molecule has 0 atom stereocenters. The molecule has 3 heteroatoms. The van der Waals surface area contributed by atoms with Crippen molar-refractivity contribution in [3.05, 3.63) is 64.0 Å². The van der Waals surface area contributed by atoms with Crippen LogP contribution < -0.4 is 5.19 Å². The molecule has 25 heavy (non-hydrogen) atoms. The quantitative estimate of drug-likeness (QED) is 0.487. The standard InChI is InChI=1S/C9H13.C7H14N.C6H7Si.Ti/c1-6-5-7(2)9(4)8(6)3;1-8-7-5-3-2-4-6-7;7-6-4-2-1-3-5-6;/h5H,1-4H3;7H,2-6H2,1H3;1-5H,7H2;/q2*-1;;+2. The van der Waals surface area contributed by atoms with Gasteiger partial charge in [0.15, 0.2) is 0 Å². The molecule has 1 nitrogen and oxygen atoms in total. The second-order valence-electron chi connectivity index (χ2n) is 6.80. The Morgan fingerprint density at radius 2 is 1.56 bits per heavy atom. The third-order valence-electron chi connectivity index (χ3n) is 4.96. The number of benzene rings is 1. The third-order valence-corrected chi connectivity index (χ3v) is 5.43. The summed E-state index contributed by atoms with van der Waals surface area (Å²) in [6.07, 6.45) is 6.93. The molecule has 3 rings (SSSR count). The Hall–Kier alpha value is -0.539. The van der Waals surface area contributed by atoms with Crippen LogP contribution >= 0.6 is 0 Å². The molecule has 1 saturated carbocycles. The maximum absolute atomic E-state index is 4.25. The normalized spacial score (nSPS) is 13.7. The Morgan fingerprint density at radius 1 is 1.00 bits per heavy atom. The number of nitrogens with zero attached hydrogens (tertiary/aromatic N) is 1. The molecular formula is C22H34NSiTi. The van der Waals surface area contributed by atoms with Crippen LogP contribution in [0.4, 0.5) is 0 Å². The SMILES string of the molecule is C[N-]C1CCCCC1.Cc1c[c-](C)c(C)c1C.[SiH2]c1ccccc1.[Ti+2]. The third kappa shape index (κ3) is 9.65. The van der Waals surface area contributed by atoms with Crippen LogP contribution in [0, 0.1) is 27.7 Å². The van der Waals surface area contributed by atoms with Crippen molar-refractivity contribution in [2.45, 2.75) is 65.8 Å². The monoisotopic (exact) mass is 388 g/mol. The first-order valence-corrected chi connectivity index (χ1v) is 9.82. The molecule has 1 radical (unpaired) electrons. The predicted molar refractivity (Wildman–Crippen MR) is 112 cm³/mol. The van der Waals surface area contributed by atoms with Crippen molar-refractivity contribution in [1.29, 1.82) is 0 Å². The Labute approximate surface area is 173 Å². The molecule has 0 aliphatic heterocycles. The summed E-state index contributed by atoms with van der Waals surface area (Å²) in [7, 11) is 3.84. The molecule has 2 aromatic carbocycles. The van der Waals surface area contributed by atoms with Crippen LogP contribution in [-0.4, -0.2) is 23.3 Å². The van der Waals surface area contributed by atoms with E-state index in [1.165, 1.54) is 59.5 Å². The number of hydrogen-bond donors (Lipinski definition) is 0.